The van der Waals surface area contributed by atoms with Crippen molar-refractivity contribution >= 4 is 5.97 Å². The molecule has 4 saturated carbocycles. The standard InChI is InChI=1S/C46H72O17/c1-20-10-13-46(41(56)57)15-14-44(6)22(29(46)21(20)2)8-9-28-43(5)16-23(48)37(42(3,4)27(43)11-12-45(28,44)7)63-40-36(62-39-34(55)31(52)25(50)19-59-39)35(32(53)26(17-47)60-40)61-38-33(54)30(51)24(49)18-58-38/h8,21,23-40,47-55H,1,9-19H2,2-7H3,(H,56,57)/t21-,23+,24-,25-,26-,27-,28-,29-,30-,31+,32+,33+,34-,35+,36+,37+,38+,39-,40-,43-,44+,45+,46-/m0/s1. The van der Waals surface area contributed by atoms with Crippen LogP contribution >= 0.6 is 0 Å². The molecule has 5 aliphatic carbocycles. The number of hydrogen-bond acceptors (Lipinski definition) is 16. The summed E-state index contributed by atoms with van der Waals surface area (Å²) in [5.41, 5.74) is -0.112. The Labute approximate surface area is 369 Å². The fourth-order valence-electron chi connectivity index (χ4n) is 14.7. The van der Waals surface area contributed by atoms with E-state index in [0.717, 1.165) is 31.3 Å². The van der Waals surface area contributed by atoms with Gasteiger partial charge in [0.2, 0.25) is 0 Å². The van der Waals surface area contributed by atoms with Crippen LogP contribution in [0.15, 0.2) is 23.8 Å². The van der Waals surface area contributed by atoms with Crippen LogP contribution in [0, 0.1) is 50.7 Å². The van der Waals surface area contributed by atoms with Crippen LogP contribution in [0.1, 0.15) is 92.9 Å². The zero-order valence-electron chi connectivity index (χ0n) is 37.4. The number of fused-ring (bicyclic) bond motifs is 7. The van der Waals surface area contributed by atoms with E-state index >= 15 is 0 Å². The van der Waals surface area contributed by atoms with Gasteiger partial charge in [-0.15, -0.1) is 0 Å². The Hall–Kier alpha value is -1.65. The lowest BCUT2D eigenvalue weighted by atomic mass is 9.33. The largest absolute Gasteiger partial charge is 0.481 e. The van der Waals surface area contributed by atoms with Crippen LogP contribution in [-0.4, -0.2) is 169 Å². The van der Waals surface area contributed by atoms with E-state index in [2.05, 4.69) is 40.3 Å². The minimum Gasteiger partial charge on any atom is -0.481 e. The molecule has 0 spiro atoms. The lowest BCUT2D eigenvalue weighted by Gasteiger charge is -2.71. The number of carboxylic acid groups (broad SMARTS) is 1. The van der Waals surface area contributed by atoms with Crippen LogP contribution in [0.4, 0.5) is 0 Å². The van der Waals surface area contributed by atoms with Crippen LogP contribution in [0.5, 0.6) is 0 Å². The van der Waals surface area contributed by atoms with Gasteiger partial charge in [-0.2, -0.15) is 0 Å². The number of hydrogen-bond donors (Lipinski definition) is 10. The molecule has 17 nitrogen and oxygen atoms in total. The number of allylic oxidation sites excluding steroid dienone is 3. The number of aliphatic hydroxyl groups excluding tert-OH is 9. The molecule has 0 amide bonds. The zero-order valence-corrected chi connectivity index (χ0v) is 37.4. The molecule has 3 aliphatic heterocycles. The van der Waals surface area contributed by atoms with Gasteiger partial charge in [0.1, 0.15) is 61.0 Å². The Kier molecular flexibility index (Phi) is 12.8. The van der Waals surface area contributed by atoms with Crippen LogP contribution in [-0.2, 0) is 33.2 Å². The van der Waals surface area contributed by atoms with Gasteiger partial charge in [0.15, 0.2) is 18.9 Å². The fraction of sp³-hybridized carbons (Fsp3) is 0.891. The van der Waals surface area contributed by atoms with Crippen LogP contribution < -0.4 is 0 Å². The van der Waals surface area contributed by atoms with Crippen molar-refractivity contribution < 1.29 is 84.3 Å². The maximum absolute atomic E-state index is 13.2. The van der Waals surface area contributed by atoms with Crippen molar-refractivity contribution in [3.05, 3.63) is 23.8 Å². The molecule has 0 aromatic heterocycles. The van der Waals surface area contributed by atoms with E-state index in [1.54, 1.807) is 0 Å². The number of aliphatic carboxylic acids is 1. The van der Waals surface area contributed by atoms with Crippen molar-refractivity contribution in [1.82, 2.24) is 0 Å². The lowest BCUT2D eigenvalue weighted by Crippen LogP contribution is -2.69. The molecule has 0 unspecified atom stereocenters. The molecule has 10 N–H and O–H groups in total. The molecule has 358 valence electrons. The van der Waals surface area contributed by atoms with Gasteiger partial charge >= 0.3 is 5.97 Å². The minimum atomic E-state index is -1.79. The topological polar surface area (TPSA) is 275 Å². The second-order valence-corrected chi connectivity index (χ2v) is 21.7. The molecule has 0 aromatic carbocycles. The molecule has 17 heteroatoms. The lowest BCUT2D eigenvalue weighted by molar-refractivity contribution is -0.394. The van der Waals surface area contributed by atoms with Crippen LogP contribution in [0.3, 0.4) is 0 Å². The summed E-state index contributed by atoms with van der Waals surface area (Å²) in [6.45, 7) is 16.0. The summed E-state index contributed by atoms with van der Waals surface area (Å²) in [6.07, 6.45) is -15.1. The Bertz CT molecular complexity index is 1760. The molecule has 3 heterocycles. The third-order valence-corrected chi connectivity index (χ3v) is 18.4. The second kappa shape index (κ2) is 16.8. The predicted molar refractivity (Wildman–Crippen MR) is 220 cm³/mol. The normalized spacial score (nSPS) is 54.5. The average molecular weight is 897 g/mol. The first-order valence-corrected chi connectivity index (χ1v) is 23.0. The summed E-state index contributed by atoms with van der Waals surface area (Å²) >= 11 is 0. The van der Waals surface area contributed by atoms with E-state index < -0.39 is 134 Å². The van der Waals surface area contributed by atoms with Gasteiger partial charge in [-0.25, -0.2) is 0 Å². The Morgan fingerprint density at radius 1 is 0.762 bits per heavy atom. The molecule has 0 radical (unpaired) electrons. The van der Waals surface area contributed by atoms with Crippen molar-refractivity contribution in [1.29, 1.82) is 0 Å². The molecule has 8 aliphatic rings. The second-order valence-electron chi connectivity index (χ2n) is 21.7. The van der Waals surface area contributed by atoms with Crippen LogP contribution in [0.25, 0.3) is 0 Å². The summed E-state index contributed by atoms with van der Waals surface area (Å²) in [5.74, 6) is -0.689. The number of carbonyl (C=O) groups is 1. The fourth-order valence-corrected chi connectivity index (χ4v) is 14.7. The summed E-state index contributed by atoms with van der Waals surface area (Å²) in [4.78, 5) is 13.2. The molecule has 0 bridgehead atoms. The number of rotatable bonds is 8. The molecule has 23 atom stereocenters. The summed E-state index contributed by atoms with van der Waals surface area (Å²) in [7, 11) is 0. The number of aliphatic hydroxyl groups is 9. The molecule has 8 rings (SSSR count). The average Bonchev–Trinajstić information content (AvgIpc) is 3.22. The highest BCUT2D eigenvalue weighted by Crippen LogP contribution is 2.76. The Morgan fingerprint density at radius 2 is 1.37 bits per heavy atom. The van der Waals surface area contributed by atoms with Crippen molar-refractivity contribution in [2.24, 2.45) is 50.7 Å². The van der Waals surface area contributed by atoms with Gasteiger partial charge in [0, 0.05) is 5.92 Å². The minimum absolute atomic E-state index is 0.00169. The predicted octanol–water partition coefficient (Wildman–Crippen LogP) is 0.731. The van der Waals surface area contributed by atoms with Crippen molar-refractivity contribution in [2.45, 2.75) is 185 Å². The van der Waals surface area contributed by atoms with Gasteiger partial charge in [-0.05, 0) is 90.8 Å². The van der Waals surface area contributed by atoms with E-state index in [-0.39, 0.29) is 34.5 Å². The van der Waals surface area contributed by atoms with Gasteiger partial charge in [0.05, 0.1) is 37.4 Å². The first-order valence-electron chi connectivity index (χ1n) is 23.0. The van der Waals surface area contributed by atoms with Crippen molar-refractivity contribution in [3.8, 4) is 0 Å². The van der Waals surface area contributed by atoms with E-state index in [1.807, 2.05) is 13.8 Å². The monoisotopic (exact) mass is 896 g/mol. The van der Waals surface area contributed by atoms with E-state index in [9.17, 15) is 55.9 Å². The molecular weight excluding hydrogens is 824 g/mol. The maximum Gasteiger partial charge on any atom is 0.310 e. The van der Waals surface area contributed by atoms with Gasteiger partial charge < -0.3 is 79.5 Å². The zero-order chi connectivity index (χ0) is 45.9. The molecule has 63 heavy (non-hydrogen) atoms. The number of carboxylic acids is 1. The van der Waals surface area contributed by atoms with Crippen LogP contribution in [0.2, 0.25) is 0 Å². The van der Waals surface area contributed by atoms with E-state index in [0.29, 0.717) is 25.7 Å². The Balaban J connectivity index is 1.10. The highest BCUT2D eigenvalue weighted by atomic mass is 16.8. The van der Waals surface area contributed by atoms with Gasteiger partial charge in [-0.3, -0.25) is 4.79 Å². The maximum atomic E-state index is 13.2. The SMILES string of the molecule is C=C1CC[C@]2(C(=O)O)CC[C@]3(C)C(=CC[C@H]4[C@@]5(C)C[C@@H](O)[C@@H](O[C@@H]6O[C@@H](CO)[C@@H](O)[C@@H](O[C@H]7OC[C@H](O)[C@H](O)[C@H]7O)[C@H]6O[C@@H]6OC[C@H](O)[C@@H](O)[C@@H]6O)C(C)(C)[C@@H]5CC[C@]43C)[C@@H]2[C@H]1C. The highest BCUT2D eigenvalue weighted by Gasteiger charge is 2.71. The van der Waals surface area contributed by atoms with Crippen molar-refractivity contribution in [3.63, 3.8) is 0 Å². The number of ether oxygens (including phenoxy) is 6. The van der Waals surface area contributed by atoms with Gasteiger partial charge in [-0.1, -0.05) is 65.3 Å². The summed E-state index contributed by atoms with van der Waals surface area (Å²) < 4.78 is 36.4. The molecule has 7 fully saturated rings. The smallest absolute Gasteiger partial charge is 0.310 e. The molecular formula is C46H72O17. The first kappa shape index (κ1) is 47.8. The molecule has 3 saturated heterocycles. The highest BCUT2D eigenvalue weighted by molar-refractivity contribution is 5.77. The van der Waals surface area contributed by atoms with E-state index in [1.165, 1.54) is 5.57 Å². The Morgan fingerprint density at radius 3 is 1.95 bits per heavy atom. The van der Waals surface area contributed by atoms with E-state index in [4.69, 9.17) is 28.4 Å². The third-order valence-electron chi connectivity index (χ3n) is 18.4. The molecule has 0 aromatic rings. The van der Waals surface area contributed by atoms with Crippen molar-refractivity contribution in [2.75, 3.05) is 19.8 Å². The summed E-state index contributed by atoms with van der Waals surface area (Å²) in [6, 6.07) is 0. The quantitative estimate of drug-likeness (QED) is 0.119. The third kappa shape index (κ3) is 7.25. The van der Waals surface area contributed by atoms with Gasteiger partial charge in [0.25, 0.3) is 0 Å². The first-order chi connectivity index (χ1) is 29.5. The summed E-state index contributed by atoms with van der Waals surface area (Å²) in [5, 5.41) is 108.